The highest BCUT2D eigenvalue weighted by molar-refractivity contribution is 14.2. The fourth-order valence-corrected chi connectivity index (χ4v) is 1.20. The number of oxazole rings is 1. The molecule has 0 aromatic carbocycles. The van der Waals surface area contributed by atoms with Crippen LogP contribution in [-0.4, -0.2) is 15.0 Å². The third kappa shape index (κ3) is 5.72. The van der Waals surface area contributed by atoms with Gasteiger partial charge in [-0.2, -0.15) is 0 Å². The molecule has 0 aliphatic heterocycles. The Labute approximate surface area is 110 Å². The first-order chi connectivity index (χ1) is 7.83. The van der Waals surface area contributed by atoms with Gasteiger partial charge in [0.2, 0.25) is 0 Å². The van der Waals surface area contributed by atoms with E-state index < -0.39 is 0 Å². The Bertz CT molecular complexity index is 430. The molecule has 0 saturated carbocycles. The van der Waals surface area contributed by atoms with Gasteiger partial charge in [0.1, 0.15) is 12.1 Å². The normalized spacial score (nSPS) is 8.38. The van der Waals surface area contributed by atoms with E-state index in [1.807, 2.05) is 6.92 Å². The van der Waals surface area contributed by atoms with Crippen LogP contribution in [0.1, 0.15) is 11.4 Å². The van der Waals surface area contributed by atoms with Crippen molar-refractivity contribution in [2.75, 3.05) is 0 Å². The average molecular weight is 345 g/mol. The molecule has 0 aliphatic carbocycles. The molecule has 16 heavy (non-hydrogen) atoms. The molecule has 0 N–H and O–H groups in total. The second kappa shape index (κ2) is 8.13. The van der Waals surface area contributed by atoms with Crippen molar-refractivity contribution in [3.05, 3.63) is 42.6 Å². The van der Waals surface area contributed by atoms with E-state index >= 15 is 0 Å². The highest BCUT2D eigenvalue weighted by atomic mass is 127. The first-order valence-corrected chi connectivity index (χ1v) is 7.58. The molecule has 0 radical (unpaired) electrons. The molecule has 0 unspecified atom stereocenters. The largest absolute Gasteiger partial charge is 0.452 e. The lowest BCUT2D eigenvalue weighted by molar-refractivity contribution is 0.558. The zero-order chi connectivity index (χ0) is 11.6. The Morgan fingerprint density at radius 2 is 2.12 bits per heavy atom. The molecule has 0 atom stereocenters. The van der Waals surface area contributed by atoms with Gasteiger partial charge in [0.05, 0.1) is 11.8 Å². The zero-order valence-corrected chi connectivity index (χ0v) is 11.4. The van der Waals surface area contributed by atoms with E-state index in [0.717, 1.165) is 11.4 Å². The van der Waals surface area contributed by atoms with Gasteiger partial charge in [-0.3, -0.25) is 0 Å². The summed E-state index contributed by atoms with van der Waals surface area (Å²) in [7, 11) is 1.45. The van der Waals surface area contributed by atoms with Crippen molar-refractivity contribution in [3.63, 3.8) is 0 Å². The number of hydrogen-bond donors (Lipinski definition) is 0. The molecule has 0 spiro atoms. The van der Waals surface area contributed by atoms with Crippen LogP contribution in [0.15, 0.2) is 35.7 Å². The first kappa shape index (κ1) is 13.0. The SMILES string of the molecule is Cc1ncc(C#CSI)cn1.c1cocn1. The maximum Gasteiger partial charge on any atom is 0.180 e. The minimum Gasteiger partial charge on any atom is -0.452 e. The summed E-state index contributed by atoms with van der Waals surface area (Å²) in [5.74, 6) is 3.68. The maximum atomic E-state index is 4.47. The van der Waals surface area contributed by atoms with E-state index in [0.29, 0.717) is 0 Å². The minimum atomic E-state index is 0.776. The van der Waals surface area contributed by atoms with Gasteiger partial charge in [-0.05, 0) is 21.1 Å². The van der Waals surface area contributed by atoms with Crippen LogP contribution in [0.3, 0.4) is 0 Å². The number of hydrogen-bond acceptors (Lipinski definition) is 5. The molecule has 2 rings (SSSR count). The van der Waals surface area contributed by atoms with Crippen LogP contribution in [0.5, 0.6) is 0 Å². The van der Waals surface area contributed by atoms with E-state index in [9.17, 15) is 0 Å². The predicted octanol–water partition coefficient (Wildman–Crippen LogP) is 2.85. The Morgan fingerprint density at radius 1 is 1.38 bits per heavy atom. The second-order valence-corrected chi connectivity index (χ2v) is 4.18. The Balaban J connectivity index is 0.000000212. The zero-order valence-electron chi connectivity index (χ0n) is 8.42. The number of rotatable bonds is 0. The Morgan fingerprint density at radius 3 is 2.56 bits per heavy atom. The minimum absolute atomic E-state index is 0.776. The maximum absolute atomic E-state index is 4.47. The fraction of sp³-hybridized carbons (Fsp3) is 0.100. The molecule has 2 heterocycles. The number of aromatic nitrogens is 3. The van der Waals surface area contributed by atoms with Gasteiger partial charge in [-0.25, -0.2) is 15.0 Å². The van der Waals surface area contributed by atoms with Crippen LogP contribution in [0.4, 0.5) is 0 Å². The van der Waals surface area contributed by atoms with Gasteiger partial charge >= 0.3 is 0 Å². The molecule has 0 amide bonds. The molecule has 82 valence electrons. The van der Waals surface area contributed by atoms with Crippen LogP contribution in [-0.2, 0) is 0 Å². The van der Waals surface area contributed by atoms with Crippen LogP contribution in [0.2, 0.25) is 0 Å². The summed E-state index contributed by atoms with van der Waals surface area (Å²) in [4.78, 5) is 11.6. The number of halogens is 1. The summed E-state index contributed by atoms with van der Waals surface area (Å²) >= 11 is 2.12. The number of nitrogens with zero attached hydrogens (tertiary/aromatic N) is 3. The highest BCUT2D eigenvalue weighted by Gasteiger charge is 1.86. The predicted molar refractivity (Wildman–Crippen MR) is 71.8 cm³/mol. The van der Waals surface area contributed by atoms with Gasteiger partial charge in [-0.15, -0.1) is 0 Å². The van der Waals surface area contributed by atoms with Crippen LogP contribution in [0.25, 0.3) is 0 Å². The molecule has 2 aromatic rings. The van der Waals surface area contributed by atoms with Crippen molar-refractivity contribution in [1.29, 1.82) is 0 Å². The van der Waals surface area contributed by atoms with Crippen LogP contribution < -0.4 is 0 Å². The molecule has 0 bridgehead atoms. The number of aryl methyl sites for hydroxylation is 1. The Kier molecular flexibility index (Phi) is 6.60. The van der Waals surface area contributed by atoms with Crippen molar-refractivity contribution in [1.82, 2.24) is 15.0 Å². The molecule has 0 saturated heterocycles. The lowest BCUT2D eigenvalue weighted by atomic mass is 10.4. The van der Waals surface area contributed by atoms with Crippen molar-refractivity contribution in [3.8, 4) is 11.2 Å². The molecule has 0 aliphatic rings. The summed E-state index contributed by atoms with van der Waals surface area (Å²) in [6.07, 6.45) is 7.92. The molecule has 6 heteroatoms. The third-order valence-corrected chi connectivity index (χ3v) is 2.20. The van der Waals surface area contributed by atoms with Crippen molar-refractivity contribution in [2.45, 2.75) is 6.92 Å². The van der Waals surface area contributed by atoms with E-state index in [1.165, 1.54) is 21.6 Å². The van der Waals surface area contributed by atoms with Crippen LogP contribution in [0, 0.1) is 18.1 Å². The smallest absolute Gasteiger partial charge is 0.180 e. The van der Waals surface area contributed by atoms with Crippen LogP contribution >= 0.6 is 30.1 Å². The van der Waals surface area contributed by atoms with Gasteiger partial charge in [-0.1, -0.05) is 5.92 Å². The quantitative estimate of drug-likeness (QED) is 0.543. The summed E-state index contributed by atoms with van der Waals surface area (Å²) in [5, 5.41) is 2.86. The monoisotopic (exact) mass is 345 g/mol. The van der Waals surface area contributed by atoms with Crippen molar-refractivity contribution in [2.24, 2.45) is 0 Å². The standard InChI is InChI=1S/C7H5IN2S.C3H3NO/c1-6-9-4-7(5-10-6)2-3-11-8;1-2-5-3-4-1/h4-5H,1H3;1-3H. The second-order valence-electron chi connectivity index (χ2n) is 2.50. The first-order valence-electron chi connectivity index (χ1n) is 4.22. The summed E-state index contributed by atoms with van der Waals surface area (Å²) in [6, 6.07) is 0. The van der Waals surface area contributed by atoms with Crippen molar-refractivity contribution >= 4 is 30.1 Å². The molecular formula is C10H8IN3OS. The van der Waals surface area contributed by atoms with Crippen molar-refractivity contribution < 1.29 is 4.42 Å². The molecular weight excluding hydrogens is 337 g/mol. The van der Waals surface area contributed by atoms with Gasteiger partial charge in [0, 0.05) is 33.6 Å². The molecule has 4 nitrogen and oxygen atoms in total. The van der Waals surface area contributed by atoms with E-state index in [-0.39, 0.29) is 0 Å². The van der Waals surface area contributed by atoms with Gasteiger partial charge in [0.15, 0.2) is 6.39 Å². The van der Waals surface area contributed by atoms with Gasteiger partial charge in [0.25, 0.3) is 0 Å². The summed E-state index contributed by atoms with van der Waals surface area (Å²) < 4.78 is 4.47. The van der Waals surface area contributed by atoms with Gasteiger partial charge < -0.3 is 4.42 Å². The third-order valence-electron chi connectivity index (χ3n) is 1.36. The molecule has 0 fully saturated rings. The average Bonchev–Trinajstić information content (AvgIpc) is 2.87. The topological polar surface area (TPSA) is 51.8 Å². The summed E-state index contributed by atoms with van der Waals surface area (Å²) in [6.45, 7) is 1.85. The van der Waals surface area contributed by atoms with E-state index in [2.05, 4.69) is 51.7 Å². The lowest BCUT2D eigenvalue weighted by Crippen LogP contribution is -1.86. The molecule has 2 aromatic heterocycles. The van der Waals surface area contributed by atoms with E-state index in [4.69, 9.17) is 0 Å². The summed E-state index contributed by atoms with van der Waals surface area (Å²) in [5.41, 5.74) is 0.861. The fourth-order valence-electron chi connectivity index (χ4n) is 0.711. The highest BCUT2D eigenvalue weighted by Crippen LogP contribution is 2.07. The van der Waals surface area contributed by atoms with E-state index in [1.54, 1.807) is 18.6 Å². The lowest BCUT2D eigenvalue weighted by Gasteiger charge is -1.88. The Hall–Kier alpha value is -1.07.